The molecule has 1 fully saturated rings. The highest BCUT2D eigenvalue weighted by Crippen LogP contribution is 2.14. The molecule has 27 heavy (non-hydrogen) atoms. The highest BCUT2D eigenvalue weighted by Gasteiger charge is 2.16. The number of anilines is 1. The molecule has 2 aromatic carbocycles. The van der Waals surface area contributed by atoms with Crippen LogP contribution in [0.5, 0.6) is 0 Å². The Morgan fingerprint density at radius 2 is 1.78 bits per heavy atom. The predicted molar refractivity (Wildman–Crippen MR) is 111 cm³/mol. The van der Waals surface area contributed by atoms with Crippen LogP contribution in [0.15, 0.2) is 48.5 Å². The number of carbonyl (C=O) groups excluding carboxylic acids is 2. The first-order valence-electron chi connectivity index (χ1n) is 9.15. The van der Waals surface area contributed by atoms with E-state index in [2.05, 4.69) is 10.6 Å². The Hall–Kier alpha value is -2.47. The molecule has 0 spiro atoms. The molecule has 0 bridgehead atoms. The van der Waals surface area contributed by atoms with Crippen molar-refractivity contribution in [3.05, 3.63) is 65.2 Å². The number of hydrogen-bond acceptors (Lipinski definition) is 3. The molecule has 6 heteroatoms. The largest absolute Gasteiger partial charge is 0.341 e. The molecule has 5 nitrogen and oxygen atoms in total. The van der Waals surface area contributed by atoms with Gasteiger partial charge in [-0.3, -0.25) is 4.79 Å². The van der Waals surface area contributed by atoms with Gasteiger partial charge in [-0.2, -0.15) is 11.8 Å². The zero-order chi connectivity index (χ0) is 19.1. The van der Waals surface area contributed by atoms with Gasteiger partial charge in [0.05, 0.1) is 6.42 Å². The lowest BCUT2D eigenvalue weighted by molar-refractivity contribution is -0.130. The van der Waals surface area contributed by atoms with Crippen LogP contribution in [0.3, 0.4) is 0 Å². The van der Waals surface area contributed by atoms with Gasteiger partial charge in [-0.25, -0.2) is 4.79 Å². The molecule has 0 radical (unpaired) electrons. The second-order valence-corrected chi connectivity index (χ2v) is 7.89. The highest BCUT2D eigenvalue weighted by atomic mass is 32.2. The predicted octanol–water partition coefficient (Wildman–Crippen LogP) is 3.43. The van der Waals surface area contributed by atoms with Gasteiger partial charge in [0.1, 0.15) is 0 Å². The van der Waals surface area contributed by atoms with Gasteiger partial charge < -0.3 is 15.5 Å². The number of hydrogen-bond donors (Lipinski definition) is 2. The fourth-order valence-electron chi connectivity index (χ4n) is 2.98. The molecule has 2 aromatic rings. The van der Waals surface area contributed by atoms with Crippen molar-refractivity contribution in [2.24, 2.45) is 0 Å². The van der Waals surface area contributed by atoms with E-state index in [1.165, 1.54) is 5.56 Å². The molecule has 0 saturated carbocycles. The third-order valence-corrected chi connectivity index (χ3v) is 5.41. The van der Waals surface area contributed by atoms with Gasteiger partial charge in [-0.15, -0.1) is 0 Å². The molecule has 142 valence electrons. The molecule has 1 saturated heterocycles. The summed E-state index contributed by atoms with van der Waals surface area (Å²) < 4.78 is 0. The van der Waals surface area contributed by atoms with Crippen molar-refractivity contribution in [1.82, 2.24) is 10.2 Å². The van der Waals surface area contributed by atoms with E-state index in [-0.39, 0.29) is 11.9 Å². The molecule has 1 heterocycles. The van der Waals surface area contributed by atoms with E-state index in [1.54, 1.807) is 0 Å². The van der Waals surface area contributed by atoms with E-state index in [0.29, 0.717) is 18.7 Å². The van der Waals surface area contributed by atoms with E-state index in [0.717, 1.165) is 35.7 Å². The number of carbonyl (C=O) groups is 2. The number of amides is 3. The SMILES string of the molecule is Cc1cccc(CNC(=O)Nc2ccc(CC(=O)N3CCSCC3)cc2)c1. The summed E-state index contributed by atoms with van der Waals surface area (Å²) in [6.45, 7) is 4.18. The van der Waals surface area contributed by atoms with Gasteiger partial charge in [-0.05, 0) is 30.2 Å². The molecule has 0 atom stereocenters. The van der Waals surface area contributed by atoms with Crippen molar-refractivity contribution in [3.63, 3.8) is 0 Å². The molecule has 0 aliphatic carbocycles. The zero-order valence-corrected chi connectivity index (χ0v) is 16.3. The summed E-state index contributed by atoms with van der Waals surface area (Å²) in [6.07, 6.45) is 0.407. The normalized spacial score (nSPS) is 13.9. The fourth-order valence-corrected chi connectivity index (χ4v) is 3.89. The summed E-state index contributed by atoms with van der Waals surface area (Å²) in [7, 11) is 0. The van der Waals surface area contributed by atoms with Gasteiger partial charge in [0.15, 0.2) is 0 Å². The van der Waals surface area contributed by atoms with E-state index in [9.17, 15) is 9.59 Å². The van der Waals surface area contributed by atoms with Gasteiger partial charge in [-0.1, -0.05) is 42.0 Å². The summed E-state index contributed by atoms with van der Waals surface area (Å²) in [5, 5.41) is 5.67. The second kappa shape index (κ2) is 9.46. The number of urea groups is 1. The number of rotatable bonds is 5. The maximum atomic E-state index is 12.3. The van der Waals surface area contributed by atoms with E-state index in [1.807, 2.05) is 72.1 Å². The Labute approximate surface area is 164 Å². The molecule has 2 N–H and O–H groups in total. The standard InChI is InChI=1S/C21H25N3O2S/c1-16-3-2-4-18(13-16)15-22-21(26)23-19-7-5-17(6-8-19)14-20(25)24-9-11-27-12-10-24/h2-8,13H,9-12,14-15H2,1H3,(H2,22,23,26). The van der Waals surface area contributed by atoms with Gasteiger partial charge in [0.2, 0.25) is 5.91 Å². The third kappa shape index (κ3) is 6.03. The van der Waals surface area contributed by atoms with Gasteiger partial charge in [0, 0.05) is 36.8 Å². The van der Waals surface area contributed by atoms with Gasteiger partial charge >= 0.3 is 6.03 Å². The first-order chi connectivity index (χ1) is 13.1. The lowest BCUT2D eigenvalue weighted by atomic mass is 10.1. The van der Waals surface area contributed by atoms with Gasteiger partial charge in [0.25, 0.3) is 0 Å². The first-order valence-corrected chi connectivity index (χ1v) is 10.3. The molecular weight excluding hydrogens is 358 g/mol. The monoisotopic (exact) mass is 383 g/mol. The Balaban J connectivity index is 1.46. The zero-order valence-electron chi connectivity index (χ0n) is 15.5. The first kappa shape index (κ1) is 19.3. The Morgan fingerprint density at radius 1 is 1.04 bits per heavy atom. The lowest BCUT2D eigenvalue weighted by Crippen LogP contribution is -2.38. The van der Waals surface area contributed by atoms with Crippen molar-refractivity contribution in [3.8, 4) is 0 Å². The van der Waals surface area contributed by atoms with Crippen LogP contribution < -0.4 is 10.6 Å². The minimum atomic E-state index is -0.244. The van der Waals surface area contributed by atoms with Crippen LogP contribution in [-0.2, 0) is 17.8 Å². The Morgan fingerprint density at radius 3 is 2.48 bits per heavy atom. The van der Waals surface area contributed by atoms with Crippen LogP contribution in [0.1, 0.15) is 16.7 Å². The summed E-state index contributed by atoms with van der Waals surface area (Å²) in [6, 6.07) is 15.3. The van der Waals surface area contributed by atoms with Crippen molar-refractivity contribution >= 4 is 29.4 Å². The summed E-state index contributed by atoms with van der Waals surface area (Å²) in [4.78, 5) is 26.3. The number of thioether (sulfide) groups is 1. The molecule has 0 unspecified atom stereocenters. The second-order valence-electron chi connectivity index (χ2n) is 6.66. The van der Waals surface area contributed by atoms with Crippen molar-refractivity contribution in [1.29, 1.82) is 0 Å². The number of nitrogens with one attached hydrogen (secondary N) is 2. The Kier molecular flexibility index (Phi) is 6.76. The minimum Gasteiger partial charge on any atom is -0.341 e. The lowest BCUT2D eigenvalue weighted by Gasteiger charge is -2.26. The number of nitrogens with zero attached hydrogens (tertiary/aromatic N) is 1. The van der Waals surface area contributed by atoms with Crippen LogP contribution in [-0.4, -0.2) is 41.4 Å². The van der Waals surface area contributed by atoms with Crippen LogP contribution in [0, 0.1) is 6.92 Å². The maximum absolute atomic E-state index is 12.3. The van der Waals surface area contributed by atoms with Crippen LogP contribution in [0.25, 0.3) is 0 Å². The van der Waals surface area contributed by atoms with E-state index >= 15 is 0 Å². The third-order valence-electron chi connectivity index (χ3n) is 4.47. The molecule has 3 amide bonds. The van der Waals surface area contributed by atoms with Crippen LogP contribution in [0.4, 0.5) is 10.5 Å². The van der Waals surface area contributed by atoms with Crippen molar-refractivity contribution < 1.29 is 9.59 Å². The fraction of sp³-hybridized carbons (Fsp3) is 0.333. The average Bonchev–Trinajstić information content (AvgIpc) is 2.69. The summed E-state index contributed by atoms with van der Waals surface area (Å²) >= 11 is 1.89. The van der Waals surface area contributed by atoms with Crippen LogP contribution >= 0.6 is 11.8 Å². The van der Waals surface area contributed by atoms with Crippen molar-refractivity contribution in [2.45, 2.75) is 19.9 Å². The molecular formula is C21H25N3O2S. The quantitative estimate of drug-likeness (QED) is 0.831. The van der Waals surface area contributed by atoms with Crippen LogP contribution in [0.2, 0.25) is 0 Å². The number of aryl methyl sites for hydroxylation is 1. The topological polar surface area (TPSA) is 61.4 Å². The maximum Gasteiger partial charge on any atom is 0.319 e. The summed E-state index contributed by atoms with van der Waals surface area (Å²) in [5.74, 6) is 2.21. The molecule has 0 aromatic heterocycles. The molecule has 1 aliphatic rings. The highest BCUT2D eigenvalue weighted by molar-refractivity contribution is 7.99. The molecule has 1 aliphatic heterocycles. The smallest absolute Gasteiger partial charge is 0.319 e. The number of benzene rings is 2. The van der Waals surface area contributed by atoms with E-state index < -0.39 is 0 Å². The molecule has 3 rings (SSSR count). The minimum absolute atomic E-state index is 0.173. The summed E-state index contributed by atoms with van der Waals surface area (Å²) in [5.41, 5.74) is 3.91. The van der Waals surface area contributed by atoms with E-state index in [4.69, 9.17) is 0 Å². The van der Waals surface area contributed by atoms with Crippen molar-refractivity contribution in [2.75, 3.05) is 29.9 Å². The Bertz CT molecular complexity index is 786. The average molecular weight is 384 g/mol.